The Labute approximate surface area is 213 Å². The lowest BCUT2D eigenvalue weighted by Gasteiger charge is -2.18. The van der Waals surface area contributed by atoms with Gasteiger partial charge in [0, 0.05) is 37.9 Å². The number of carbonyl (C=O) groups is 1. The van der Waals surface area contributed by atoms with Crippen molar-refractivity contribution >= 4 is 31.5 Å². The molecule has 0 aliphatic heterocycles. The SMILES string of the molecule is CCN(CC)S(=O)(=O)c1ccc(C(=O)CNc2ccc(S(=O)(=O)N(C)Cc3ccccc3)cc2)cc1. The van der Waals surface area contributed by atoms with Gasteiger partial charge in [-0.2, -0.15) is 8.61 Å². The Balaban J connectivity index is 1.61. The van der Waals surface area contributed by atoms with Crippen LogP contribution in [0.1, 0.15) is 29.8 Å². The summed E-state index contributed by atoms with van der Waals surface area (Å²) in [6.45, 7) is 4.51. The van der Waals surface area contributed by atoms with Crippen LogP contribution in [-0.4, -0.2) is 57.9 Å². The zero-order chi connectivity index (χ0) is 26.3. The summed E-state index contributed by atoms with van der Waals surface area (Å²) < 4.78 is 53.6. The van der Waals surface area contributed by atoms with Crippen molar-refractivity contribution in [2.75, 3.05) is 32.0 Å². The van der Waals surface area contributed by atoms with E-state index in [2.05, 4.69) is 5.32 Å². The fourth-order valence-corrected chi connectivity index (χ4v) is 6.28. The maximum absolute atomic E-state index is 12.9. The van der Waals surface area contributed by atoms with Gasteiger partial charge in [0.15, 0.2) is 5.78 Å². The number of hydrogen-bond donors (Lipinski definition) is 1. The van der Waals surface area contributed by atoms with Crippen molar-refractivity contribution in [3.8, 4) is 0 Å². The Bertz CT molecular complexity index is 1370. The van der Waals surface area contributed by atoms with Crippen LogP contribution in [-0.2, 0) is 26.6 Å². The van der Waals surface area contributed by atoms with Gasteiger partial charge < -0.3 is 5.32 Å². The van der Waals surface area contributed by atoms with E-state index in [-0.39, 0.29) is 28.7 Å². The molecule has 1 N–H and O–H groups in total. The zero-order valence-electron chi connectivity index (χ0n) is 20.6. The summed E-state index contributed by atoms with van der Waals surface area (Å²) >= 11 is 0. The summed E-state index contributed by atoms with van der Waals surface area (Å²) in [5.74, 6) is -0.221. The second-order valence-electron chi connectivity index (χ2n) is 8.16. The standard InChI is InChI=1S/C26H31N3O5S2/c1-4-29(5-2)36(33,34)25-15-11-22(12-16-25)26(30)19-27-23-13-17-24(18-14-23)35(31,32)28(3)20-21-9-7-6-8-10-21/h6-18,27H,4-5,19-20H2,1-3H3. The molecule has 0 aromatic heterocycles. The average molecular weight is 530 g/mol. The molecule has 0 saturated carbocycles. The number of nitrogens with zero attached hydrogens (tertiary/aromatic N) is 2. The molecule has 192 valence electrons. The molecule has 36 heavy (non-hydrogen) atoms. The van der Waals surface area contributed by atoms with Crippen LogP contribution < -0.4 is 5.32 Å². The molecule has 0 atom stereocenters. The van der Waals surface area contributed by atoms with E-state index in [1.54, 1.807) is 26.0 Å². The summed E-state index contributed by atoms with van der Waals surface area (Å²) in [7, 11) is -5.72. The number of benzene rings is 3. The topological polar surface area (TPSA) is 104 Å². The van der Waals surface area contributed by atoms with E-state index in [0.29, 0.717) is 24.3 Å². The van der Waals surface area contributed by atoms with E-state index in [9.17, 15) is 21.6 Å². The predicted octanol–water partition coefficient (Wildman–Crippen LogP) is 3.83. The van der Waals surface area contributed by atoms with Crippen LogP contribution in [0.4, 0.5) is 5.69 Å². The van der Waals surface area contributed by atoms with Crippen molar-refractivity contribution in [1.82, 2.24) is 8.61 Å². The third-order valence-corrected chi connectivity index (χ3v) is 9.66. The van der Waals surface area contributed by atoms with Crippen molar-refractivity contribution in [1.29, 1.82) is 0 Å². The van der Waals surface area contributed by atoms with Gasteiger partial charge >= 0.3 is 0 Å². The Morgan fingerprint density at radius 2 is 1.28 bits per heavy atom. The smallest absolute Gasteiger partial charge is 0.243 e. The highest BCUT2D eigenvalue weighted by Gasteiger charge is 2.22. The summed E-state index contributed by atoms with van der Waals surface area (Å²) in [4.78, 5) is 12.9. The first-order valence-corrected chi connectivity index (χ1v) is 14.4. The van der Waals surface area contributed by atoms with E-state index in [0.717, 1.165) is 5.56 Å². The van der Waals surface area contributed by atoms with Crippen LogP contribution in [0.2, 0.25) is 0 Å². The number of carbonyl (C=O) groups excluding carboxylic acids is 1. The maximum atomic E-state index is 12.9. The van der Waals surface area contributed by atoms with Gasteiger partial charge in [0.1, 0.15) is 0 Å². The molecule has 0 radical (unpaired) electrons. The molecule has 0 spiro atoms. The number of hydrogen-bond acceptors (Lipinski definition) is 6. The molecule has 0 aliphatic carbocycles. The minimum absolute atomic E-state index is 0.0256. The van der Waals surface area contributed by atoms with Crippen LogP contribution in [0.25, 0.3) is 0 Å². The fraction of sp³-hybridized carbons (Fsp3) is 0.269. The molecule has 0 saturated heterocycles. The minimum atomic E-state index is -3.67. The lowest BCUT2D eigenvalue weighted by atomic mass is 10.1. The van der Waals surface area contributed by atoms with Crippen LogP contribution in [0, 0.1) is 0 Å². The van der Waals surface area contributed by atoms with Gasteiger partial charge in [0.25, 0.3) is 0 Å². The predicted molar refractivity (Wildman–Crippen MR) is 141 cm³/mol. The van der Waals surface area contributed by atoms with Crippen LogP contribution >= 0.6 is 0 Å². The maximum Gasteiger partial charge on any atom is 0.243 e. The van der Waals surface area contributed by atoms with Gasteiger partial charge in [0.05, 0.1) is 16.3 Å². The Morgan fingerprint density at radius 1 is 0.750 bits per heavy atom. The van der Waals surface area contributed by atoms with Crippen molar-refractivity contribution in [3.63, 3.8) is 0 Å². The Morgan fingerprint density at radius 3 is 1.83 bits per heavy atom. The van der Waals surface area contributed by atoms with E-state index < -0.39 is 20.0 Å². The molecule has 0 bridgehead atoms. The first-order chi connectivity index (χ1) is 17.1. The summed E-state index contributed by atoms with van der Waals surface area (Å²) in [6.07, 6.45) is 0. The molecule has 0 unspecified atom stereocenters. The minimum Gasteiger partial charge on any atom is -0.378 e. The summed E-state index contributed by atoms with van der Waals surface area (Å²) in [5.41, 5.74) is 1.86. The van der Waals surface area contributed by atoms with Gasteiger partial charge in [-0.3, -0.25) is 4.79 Å². The highest BCUT2D eigenvalue weighted by Crippen LogP contribution is 2.20. The normalized spacial score (nSPS) is 12.1. The van der Waals surface area contributed by atoms with Gasteiger partial charge in [-0.05, 0) is 54.1 Å². The van der Waals surface area contributed by atoms with Crippen molar-refractivity contribution in [2.45, 2.75) is 30.2 Å². The second kappa shape index (κ2) is 11.8. The van der Waals surface area contributed by atoms with Crippen molar-refractivity contribution in [3.05, 3.63) is 90.0 Å². The number of nitrogens with one attached hydrogen (secondary N) is 1. The van der Waals surface area contributed by atoms with Crippen LogP contribution in [0.15, 0.2) is 88.7 Å². The molecule has 8 nitrogen and oxygen atoms in total. The van der Waals surface area contributed by atoms with Gasteiger partial charge in [0.2, 0.25) is 20.0 Å². The number of ketones is 1. The molecule has 0 amide bonds. The molecule has 0 heterocycles. The highest BCUT2D eigenvalue weighted by atomic mass is 32.2. The van der Waals surface area contributed by atoms with Crippen LogP contribution in [0.3, 0.4) is 0 Å². The zero-order valence-corrected chi connectivity index (χ0v) is 22.2. The summed E-state index contributed by atoms with van der Waals surface area (Å²) in [6, 6.07) is 21.4. The lowest BCUT2D eigenvalue weighted by Crippen LogP contribution is -2.30. The molecular weight excluding hydrogens is 498 g/mol. The fourth-order valence-electron chi connectivity index (χ4n) is 3.66. The third-order valence-electron chi connectivity index (χ3n) is 5.78. The van der Waals surface area contributed by atoms with Crippen LogP contribution in [0.5, 0.6) is 0 Å². The molecule has 3 aromatic rings. The van der Waals surface area contributed by atoms with Gasteiger partial charge in [-0.15, -0.1) is 0 Å². The second-order valence-corrected chi connectivity index (χ2v) is 12.1. The Kier molecular flexibility index (Phi) is 9.02. The lowest BCUT2D eigenvalue weighted by molar-refractivity contribution is 0.101. The Hall–Kier alpha value is -3.05. The van der Waals surface area contributed by atoms with Crippen molar-refractivity contribution in [2.24, 2.45) is 0 Å². The summed E-state index contributed by atoms with van der Waals surface area (Å²) in [5, 5.41) is 2.99. The molecule has 0 aliphatic rings. The number of sulfonamides is 2. The first-order valence-electron chi connectivity index (χ1n) is 11.6. The number of Topliss-reactive ketones (excluding diaryl/α,β-unsaturated/α-hetero) is 1. The third kappa shape index (κ3) is 6.38. The first kappa shape index (κ1) is 27.5. The molecule has 0 fully saturated rings. The molecule has 3 rings (SSSR count). The molecular formula is C26H31N3O5S2. The highest BCUT2D eigenvalue weighted by molar-refractivity contribution is 7.89. The van der Waals surface area contributed by atoms with Gasteiger partial charge in [-0.1, -0.05) is 44.2 Å². The quantitative estimate of drug-likeness (QED) is 0.358. The molecule has 10 heteroatoms. The van der Waals surface area contributed by atoms with Gasteiger partial charge in [-0.25, -0.2) is 16.8 Å². The van der Waals surface area contributed by atoms with Crippen molar-refractivity contribution < 1.29 is 21.6 Å². The van der Waals surface area contributed by atoms with E-state index in [4.69, 9.17) is 0 Å². The van der Waals surface area contributed by atoms with E-state index in [1.807, 2.05) is 30.3 Å². The van der Waals surface area contributed by atoms with E-state index >= 15 is 0 Å². The largest absolute Gasteiger partial charge is 0.378 e. The molecule has 3 aromatic carbocycles. The average Bonchev–Trinajstić information content (AvgIpc) is 2.88. The number of rotatable bonds is 12. The monoisotopic (exact) mass is 529 g/mol. The van der Waals surface area contributed by atoms with E-state index in [1.165, 1.54) is 52.1 Å². The number of anilines is 1.